The van der Waals surface area contributed by atoms with Crippen molar-refractivity contribution < 1.29 is 62.7 Å². The zero-order chi connectivity index (χ0) is 21.0. The molecule has 2 saturated heterocycles. The molecule has 2 aliphatic rings. The molecule has 1 unspecified atom stereocenters. The second-order valence-corrected chi connectivity index (χ2v) is 9.11. The molecule has 2 aliphatic heterocycles. The van der Waals surface area contributed by atoms with E-state index in [-0.39, 0.29) is 53.1 Å². The van der Waals surface area contributed by atoms with Gasteiger partial charge in [0.2, 0.25) is 0 Å². The molecule has 158 valence electrons. The van der Waals surface area contributed by atoms with Crippen LogP contribution in [0.2, 0.25) is 0 Å². The van der Waals surface area contributed by atoms with Crippen molar-refractivity contribution in [2.75, 3.05) is 11.9 Å². The number of hydrogen-bond acceptors (Lipinski definition) is 10. The first-order chi connectivity index (χ1) is 13.5. The summed E-state index contributed by atoms with van der Waals surface area (Å²) in [5.41, 5.74) is 0.102. The second kappa shape index (κ2) is 8.41. The number of hydrogen-bond donors (Lipinski definition) is 3. The molecule has 2 fully saturated rings. The van der Waals surface area contributed by atoms with Gasteiger partial charge in [-0.3, -0.25) is 14.4 Å². The number of fused-ring (bicyclic) bond motifs is 2. The van der Waals surface area contributed by atoms with Gasteiger partial charge in [-0.15, -0.1) is 0 Å². The summed E-state index contributed by atoms with van der Waals surface area (Å²) in [6.45, 7) is 5.24. The number of nitrogens with one attached hydrogen (secondary N) is 2. The molecule has 0 radical (unpaired) electrons. The number of carbonyl (C=O) groups is 1. The molecule has 4 rings (SSSR count). The molecule has 0 aromatic carbocycles. The fourth-order valence-corrected chi connectivity index (χ4v) is 4.12. The second-order valence-electron chi connectivity index (χ2n) is 7.74. The quantitative estimate of drug-likeness (QED) is 0.314. The molecule has 4 heterocycles. The Morgan fingerprint density at radius 3 is 2.80 bits per heavy atom. The summed E-state index contributed by atoms with van der Waals surface area (Å²) in [6, 6.07) is -0.466. The number of aliphatic hydroxyl groups is 1. The maximum Gasteiger partial charge on any atom is 1.00 e. The van der Waals surface area contributed by atoms with E-state index in [1.54, 1.807) is 0 Å². The van der Waals surface area contributed by atoms with Crippen molar-refractivity contribution in [3.05, 3.63) is 12.7 Å². The maximum atomic E-state index is 12.1. The third-order valence-electron chi connectivity index (χ3n) is 4.31. The van der Waals surface area contributed by atoms with Crippen molar-refractivity contribution in [3.63, 3.8) is 0 Å². The van der Waals surface area contributed by atoms with Crippen LogP contribution in [0.4, 0.5) is 10.6 Å². The zero-order valence-electron chi connectivity index (χ0n) is 16.8. The smallest absolute Gasteiger partial charge is 0.756 e. The molecular formula is C15H20N6NaO7P. The van der Waals surface area contributed by atoms with Gasteiger partial charge in [0, 0.05) is 5.54 Å². The number of aromatic nitrogens is 4. The topological polar surface area (TPSA) is 173 Å². The first kappa shape index (κ1) is 23.5. The van der Waals surface area contributed by atoms with E-state index >= 15 is 0 Å². The van der Waals surface area contributed by atoms with E-state index in [1.807, 2.05) is 20.8 Å². The van der Waals surface area contributed by atoms with E-state index in [9.17, 15) is 19.4 Å². The van der Waals surface area contributed by atoms with Crippen LogP contribution < -0.4 is 45.1 Å². The molecule has 0 bridgehead atoms. The predicted octanol–water partition coefficient (Wildman–Crippen LogP) is -3.11. The summed E-state index contributed by atoms with van der Waals surface area (Å²) in [7, 11) is -4.48. The number of nitrogens with zero attached hydrogens (tertiary/aromatic N) is 4. The summed E-state index contributed by atoms with van der Waals surface area (Å²) < 4.78 is 28.1. The van der Waals surface area contributed by atoms with Crippen LogP contribution in [0.3, 0.4) is 0 Å². The Hall–Kier alpha value is -1.15. The molecular weight excluding hydrogens is 430 g/mol. The number of imidazole rings is 1. The third kappa shape index (κ3) is 4.69. The molecule has 13 nitrogen and oxygen atoms in total. The standard InChI is InChI=1S/C15H21N6O7P.Na/c1-15(2,3)20-14(23)19-11-8-12(17-5-16-11)21(6-18-8)13-9(22)10-7(27-13)4-26-29(24,25)28-10;/h5-7,9-10,13,22H,4H2,1-3H3,(H,24,25)(H2,16,17,19,20,23);/q;+1/p-1/t7-,9-,10-,13-;/m1./s1. The summed E-state index contributed by atoms with van der Waals surface area (Å²) >= 11 is 0. The minimum absolute atomic E-state index is 0. The van der Waals surface area contributed by atoms with E-state index in [1.165, 1.54) is 17.2 Å². The fourth-order valence-electron chi connectivity index (χ4n) is 3.17. The molecule has 15 heteroatoms. The molecule has 0 aliphatic carbocycles. The van der Waals surface area contributed by atoms with Crippen LogP contribution in [-0.2, 0) is 18.3 Å². The monoisotopic (exact) mass is 450 g/mol. The number of rotatable bonds is 2. The van der Waals surface area contributed by atoms with Crippen LogP contribution >= 0.6 is 7.82 Å². The number of amides is 2. The van der Waals surface area contributed by atoms with Gasteiger partial charge in [-0.25, -0.2) is 19.7 Å². The number of phosphoric ester groups is 1. The Kier molecular flexibility index (Phi) is 6.59. The van der Waals surface area contributed by atoms with Crippen molar-refractivity contribution in [1.29, 1.82) is 0 Å². The van der Waals surface area contributed by atoms with Gasteiger partial charge < -0.3 is 29.1 Å². The van der Waals surface area contributed by atoms with Crippen LogP contribution in [0.15, 0.2) is 12.7 Å². The van der Waals surface area contributed by atoms with E-state index in [4.69, 9.17) is 9.26 Å². The fraction of sp³-hybridized carbons (Fsp3) is 0.600. The molecule has 2 amide bonds. The van der Waals surface area contributed by atoms with Crippen molar-refractivity contribution >= 4 is 30.8 Å². The SMILES string of the molecule is CC(C)(C)NC(=O)Nc1ncnc2c1ncn2[C@@H]1O[C@@H]2COP(=O)([O-])O[C@H]2[C@H]1O.[Na+]. The average Bonchev–Trinajstić information content (AvgIpc) is 3.15. The van der Waals surface area contributed by atoms with Gasteiger partial charge >= 0.3 is 35.6 Å². The van der Waals surface area contributed by atoms with Crippen LogP contribution in [0.25, 0.3) is 11.2 Å². The van der Waals surface area contributed by atoms with Gasteiger partial charge in [-0.1, -0.05) is 0 Å². The summed E-state index contributed by atoms with van der Waals surface area (Å²) in [5.74, 6) is 0.170. The Bertz CT molecular complexity index is 998. The number of anilines is 1. The molecule has 0 spiro atoms. The van der Waals surface area contributed by atoms with Gasteiger partial charge in [0.15, 0.2) is 23.2 Å². The third-order valence-corrected chi connectivity index (χ3v) is 5.28. The van der Waals surface area contributed by atoms with Crippen LogP contribution in [0.1, 0.15) is 27.0 Å². The summed E-state index contributed by atoms with van der Waals surface area (Å²) in [4.78, 5) is 36.1. The van der Waals surface area contributed by atoms with Crippen molar-refractivity contribution in [2.45, 2.75) is 50.8 Å². The number of aliphatic hydroxyl groups excluding tert-OH is 1. The van der Waals surface area contributed by atoms with E-state index < -0.39 is 43.9 Å². The van der Waals surface area contributed by atoms with Crippen molar-refractivity contribution in [1.82, 2.24) is 24.8 Å². The van der Waals surface area contributed by atoms with Gasteiger partial charge in [0.05, 0.1) is 12.9 Å². The Balaban J connectivity index is 0.00000256. The Morgan fingerprint density at radius 2 is 2.10 bits per heavy atom. The number of carbonyl (C=O) groups excluding carboxylic acids is 1. The Labute approximate surface area is 193 Å². The largest absolute Gasteiger partial charge is 1.00 e. The average molecular weight is 450 g/mol. The van der Waals surface area contributed by atoms with E-state index in [2.05, 4.69) is 30.1 Å². The molecule has 2 aromatic heterocycles. The van der Waals surface area contributed by atoms with Crippen LogP contribution in [-0.4, -0.2) is 61.1 Å². The summed E-state index contributed by atoms with van der Waals surface area (Å²) in [5, 5.41) is 15.9. The van der Waals surface area contributed by atoms with E-state index in [0.717, 1.165) is 0 Å². The van der Waals surface area contributed by atoms with Crippen LogP contribution in [0, 0.1) is 0 Å². The number of urea groups is 1. The van der Waals surface area contributed by atoms with Crippen LogP contribution in [0.5, 0.6) is 0 Å². The molecule has 3 N–H and O–H groups in total. The summed E-state index contributed by atoms with van der Waals surface area (Å²) in [6.07, 6.45) is -1.61. The molecule has 2 aromatic rings. The predicted molar refractivity (Wildman–Crippen MR) is 95.6 cm³/mol. The number of phosphoric acid groups is 1. The Morgan fingerprint density at radius 1 is 1.37 bits per heavy atom. The first-order valence-corrected chi connectivity index (χ1v) is 10.2. The van der Waals surface area contributed by atoms with Crippen molar-refractivity contribution in [3.8, 4) is 0 Å². The van der Waals surface area contributed by atoms with Gasteiger partial charge in [0.25, 0.3) is 7.82 Å². The zero-order valence-corrected chi connectivity index (χ0v) is 19.7. The van der Waals surface area contributed by atoms with Crippen molar-refractivity contribution in [2.24, 2.45) is 0 Å². The molecule has 5 atom stereocenters. The first-order valence-electron chi connectivity index (χ1n) is 8.78. The normalized spacial score (nSPS) is 31.1. The minimum atomic E-state index is -4.48. The van der Waals surface area contributed by atoms with E-state index in [0.29, 0.717) is 0 Å². The number of ether oxygens (including phenoxy) is 1. The minimum Gasteiger partial charge on any atom is -0.756 e. The van der Waals surface area contributed by atoms with Gasteiger partial charge in [0.1, 0.15) is 24.6 Å². The van der Waals surface area contributed by atoms with Gasteiger partial charge in [-0.05, 0) is 20.8 Å². The maximum absolute atomic E-state index is 12.1. The van der Waals surface area contributed by atoms with Gasteiger partial charge in [-0.2, -0.15) is 0 Å². The molecule has 30 heavy (non-hydrogen) atoms. The molecule has 0 saturated carbocycles.